The number of carbonyl (C=O) groups excluding carboxylic acids is 1. The normalized spacial score (nSPS) is 11.3. The maximum absolute atomic E-state index is 13.8. The summed E-state index contributed by atoms with van der Waals surface area (Å²) >= 11 is 25.9. The van der Waals surface area contributed by atoms with E-state index in [4.69, 9.17) is 55.9 Å². The molecule has 50 heavy (non-hydrogen) atoms. The number of carbonyl (C=O) groups is 1. The number of aromatic amines is 1. The van der Waals surface area contributed by atoms with Crippen LogP contribution in [0.3, 0.4) is 0 Å². The van der Waals surface area contributed by atoms with E-state index in [0.29, 0.717) is 33.8 Å². The Bertz CT molecular complexity index is 1770. The third kappa shape index (κ3) is 11.5. The van der Waals surface area contributed by atoms with Crippen molar-refractivity contribution in [3.63, 3.8) is 0 Å². The van der Waals surface area contributed by atoms with Gasteiger partial charge in [-0.3, -0.25) is 9.89 Å². The van der Waals surface area contributed by atoms with Gasteiger partial charge in [0.2, 0.25) is 0 Å². The Balaban J connectivity index is 1.43. The molecule has 0 bridgehead atoms. The van der Waals surface area contributed by atoms with Gasteiger partial charge in [0.05, 0.1) is 45.7 Å². The Morgan fingerprint density at radius 2 is 1.38 bits per heavy atom. The van der Waals surface area contributed by atoms with Crippen LogP contribution >= 0.6 is 46.4 Å². The number of unbranched alkanes of at least 4 members (excludes halogenated alkanes) is 11. The van der Waals surface area contributed by atoms with Crippen molar-refractivity contribution in [2.75, 3.05) is 19.0 Å². The number of H-pyrrole nitrogens is 1. The highest BCUT2D eigenvalue weighted by atomic mass is 35.5. The third-order valence-electron chi connectivity index (χ3n) is 8.10. The highest BCUT2D eigenvalue weighted by molar-refractivity contribution is 6.38. The van der Waals surface area contributed by atoms with Gasteiger partial charge in [-0.05, 0) is 61.0 Å². The fourth-order valence-corrected chi connectivity index (χ4v) is 6.33. The molecule has 3 aromatic carbocycles. The number of benzene rings is 3. The molecular formula is C37H43Cl4N5O4. The molecule has 0 unspecified atom stereocenters. The highest BCUT2D eigenvalue weighted by Crippen LogP contribution is 2.35. The Hall–Kier alpha value is -3.50. The van der Waals surface area contributed by atoms with E-state index >= 15 is 0 Å². The molecule has 0 aliphatic heterocycles. The second kappa shape index (κ2) is 20.4. The van der Waals surface area contributed by atoms with Crippen molar-refractivity contribution < 1.29 is 14.3 Å². The van der Waals surface area contributed by atoms with Crippen LogP contribution in [0, 0.1) is 0 Å². The van der Waals surface area contributed by atoms with Crippen molar-refractivity contribution in [3.8, 4) is 11.4 Å². The van der Waals surface area contributed by atoms with E-state index in [9.17, 15) is 9.59 Å². The summed E-state index contributed by atoms with van der Waals surface area (Å²) in [6, 6.07) is 14.5. The zero-order chi connectivity index (χ0) is 35.9. The van der Waals surface area contributed by atoms with Crippen molar-refractivity contribution in [1.82, 2.24) is 9.78 Å². The molecule has 1 heterocycles. The summed E-state index contributed by atoms with van der Waals surface area (Å²) in [5, 5.41) is 15.4. The number of nitrogens with one attached hydrogen (secondary N) is 2. The number of halogens is 4. The van der Waals surface area contributed by atoms with E-state index < -0.39 is 11.5 Å². The standard InChI is InChI=1S/C37H43Cl4N5O4/c1-3-4-5-6-7-8-9-10-11-12-13-14-21-50-37(48)25-22-30(40)34(31(41)23-25)46-36(47)33(44-43-27-16-18-28(49-2)19-17-27)35(45-46)42-32-24-26(38)15-20-29(32)39/h15-20,22-24,42,45H,3-14,21H2,1-2H3. The monoisotopic (exact) mass is 761 g/mol. The van der Waals surface area contributed by atoms with Crippen LogP contribution in [0.15, 0.2) is 69.6 Å². The largest absolute Gasteiger partial charge is 0.497 e. The number of hydrogen-bond acceptors (Lipinski definition) is 7. The van der Waals surface area contributed by atoms with E-state index in [2.05, 4.69) is 27.6 Å². The Morgan fingerprint density at radius 1 is 0.780 bits per heavy atom. The van der Waals surface area contributed by atoms with Crippen LogP contribution in [0.1, 0.15) is 94.3 Å². The number of rotatable bonds is 20. The number of anilines is 2. The van der Waals surface area contributed by atoms with Gasteiger partial charge in [0.15, 0.2) is 11.5 Å². The maximum atomic E-state index is 13.8. The lowest BCUT2D eigenvalue weighted by molar-refractivity contribution is 0.0497. The molecule has 0 amide bonds. The highest BCUT2D eigenvalue weighted by Gasteiger charge is 2.22. The Kier molecular flexibility index (Phi) is 16.0. The fraction of sp³-hybridized carbons (Fsp3) is 0.405. The Morgan fingerprint density at radius 3 is 1.98 bits per heavy atom. The zero-order valence-corrected chi connectivity index (χ0v) is 31.4. The summed E-state index contributed by atoms with van der Waals surface area (Å²) in [6.07, 6.45) is 14.6. The lowest BCUT2D eigenvalue weighted by Gasteiger charge is -2.11. The van der Waals surface area contributed by atoms with Crippen LogP contribution in [0.25, 0.3) is 5.69 Å². The molecule has 0 saturated heterocycles. The van der Waals surface area contributed by atoms with Gasteiger partial charge >= 0.3 is 11.5 Å². The molecule has 0 saturated carbocycles. The molecule has 0 aliphatic carbocycles. The summed E-state index contributed by atoms with van der Waals surface area (Å²) in [5.74, 6) is 0.246. The van der Waals surface area contributed by atoms with Crippen LogP contribution in [0.2, 0.25) is 20.1 Å². The molecule has 1 aromatic heterocycles. The number of nitrogens with zero attached hydrogens (tertiary/aromatic N) is 3. The minimum absolute atomic E-state index is 0.0455. The van der Waals surface area contributed by atoms with Gasteiger partial charge in [-0.15, -0.1) is 5.11 Å². The first-order chi connectivity index (χ1) is 24.2. The minimum atomic E-state index is -0.617. The zero-order valence-electron chi connectivity index (χ0n) is 28.4. The molecule has 0 fully saturated rings. The first kappa shape index (κ1) is 39.3. The molecular weight excluding hydrogens is 720 g/mol. The predicted molar refractivity (Wildman–Crippen MR) is 205 cm³/mol. The number of aromatic nitrogens is 2. The van der Waals surface area contributed by atoms with E-state index in [0.717, 1.165) is 23.9 Å². The van der Waals surface area contributed by atoms with Gasteiger partial charge in [-0.1, -0.05) is 124 Å². The first-order valence-corrected chi connectivity index (χ1v) is 18.5. The van der Waals surface area contributed by atoms with Gasteiger partial charge in [0, 0.05) is 5.02 Å². The van der Waals surface area contributed by atoms with Crippen LogP contribution in [-0.2, 0) is 4.74 Å². The summed E-state index contributed by atoms with van der Waals surface area (Å²) in [6.45, 7) is 2.54. The minimum Gasteiger partial charge on any atom is -0.497 e. The van der Waals surface area contributed by atoms with Crippen molar-refractivity contribution in [2.24, 2.45) is 10.2 Å². The van der Waals surface area contributed by atoms with Crippen molar-refractivity contribution >= 4 is 75.3 Å². The van der Waals surface area contributed by atoms with Gasteiger partial charge in [-0.25, -0.2) is 9.48 Å². The van der Waals surface area contributed by atoms with E-state index in [1.165, 1.54) is 69.9 Å². The molecule has 4 rings (SSSR count). The summed E-state index contributed by atoms with van der Waals surface area (Å²) in [4.78, 5) is 26.6. The second-order valence-corrected chi connectivity index (χ2v) is 13.6. The first-order valence-electron chi connectivity index (χ1n) is 17.0. The van der Waals surface area contributed by atoms with Gasteiger partial charge < -0.3 is 14.8 Å². The quantitative estimate of drug-likeness (QED) is 0.0529. The molecule has 268 valence electrons. The Labute approximate surface area is 313 Å². The summed E-state index contributed by atoms with van der Waals surface area (Å²) < 4.78 is 11.8. The molecule has 0 spiro atoms. The smallest absolute Gasteiger partial charge is 0.338 e. The number of esters is 1. The number of methoxy groups -OCH3 is 1. The summed E-state index contributed by atoms with van der Waals surface area (Å²) in [7, 11) is 1.56. The maximum Gasteiger partial charge on any atom is 0.338 e. The van der Waals surface area contributed by atoms with Crippen LogP contribution in [0.4, 0.5) is 22.9 Å². The molecule has 2 N–H and O–H groups in total. The van der Waals surface area contributed by atoms with Gasteiger partial charge in [-0.2, -0.15) is 5.11 Å². The molecule has 0 atom stereocenters. The predicted octanol–water partition coefficient (Wildman–Crippen LogP) is 12.8. The van der Waals surface area contributed by atoms with Gasteiger partial charge in [0.25, 0.3) is 0 Å². The lowest BCUT2D eigenvalue weighted by Crippen LogP contribution is -2.16. The fourth-order valence-electron chi connectivity index (χ4n) is 5.34. The SMILES string of the molecule is CCCCCCCCCCCCCCOC(=O)c1cc(Cl)c(-n2[nH]c(Nc3cc(Cl)ccc3Cl)c(N=Nc3ccc(OC)cc3)c2=O)c(Cl)c1. The summed E-state index contributed by atoms with van der Waals surface area (Å²) in [5.41, 5.74) is 0.473. The third-order valence-corrected chi connectivity index (χ3v) is 9.24. The van der Waals surface area contributed by atoms with Crippen molar-refractivity contribution in [1.29, 1.82) is 0 Å². The van der Waals surface area contributed by atoms with E-state index in [-0.39, 0.29) is 32.8 Å². The second-order valence-electron chi connectivity index (χ2n) is 11.9. The van der Waals surface area contributed by atoms with Gasteiger partial charge in [0.1, 0.15) is 11.4 Å². The molecule has 0 aliphatic rings. The molecule has 0 radical (unpaired) electrons. The topological polar surface area (TPSA) is 110 Å². The van der Waals surface area contributed by atoms with Crippen LogP contribution in [-0.4, -0.2) is 29.5 Å². The van der Waals surface area contributed by atoms with E-state index in [1.54, 1.807) is 49.6 Å². The van der Waals surface area contributed by atoms with Crippen LogP contribution < -0.4 is 15.6 Å². The molecule has 9 nitrogen and oxygen atoms in total. The molecule has 4 aromatic rings. The van der Waals surface area contributed by atoms with Crippen LogP contribution in [0.5, 0.6) is 5.75 Å². The average Bonchev–Trinajstić information content (AvgIpc) is 3.40. The van der Waals surface area contributed by atoms with E-state index in [1.807, 2.05) is 0 Å². The molecule has 13 heteroatoms. The van der Waals surface area contributed by atoms with Crippen molar-refractivity contribution in [2.45, 2.75) is 84.0 Å². The number of hydrogen-bond donors (Lipinski definition) is 2. The number of azo groups is 1. The average molecular weight is 764 g/mol. The lowest BCUT2D eigenvalue weighted by atomic mass is 10.1. The van der Waals surface area contributed by atoms with Crippen molar-refractivity contribution in [3.05, 3.63) is 90.6 Å². The number of ether oxygens (including phenoxy) is 2.